The van der Waals surface area contributed by atoms with Crippen molar-refractivity contribution in [2.75, 3.05) is 5.32 Å². The van der Waals surface area contributed by atoms with Gasteiger partial charge >= 0.3 is 12.3 Å². The molecular formula is C12H13ClF3N3O2. The van der Waals surface area contributed by atoms with E-state index < -0.39 is 17.8 Å². The van der Waals surface area contributed by atoms with Crippen molar-refractivity contribution in [3.63, 3.8) is 0 Å². The third-order valence-electron chi connectivity index (χ3n) is 3.32. The number of nitrogens with one attached hydrogen (secondary N) is 2. The van der Waals surface area contributed by atoms with Crippen LogP contribution in [0.4, 0.5) is 23.8 Å². The molecule has 1 amide bonds. The molecule has 1 fully saturated rings. The predicted molar refractivity (Wildman–Crippen MR) is 70.5 cm³/mol. The third-order valence-corrected chi connectivity index (χ3v) is 3.60. The second kappa shape index (κ2) is 5.97. The van der Waals surface area contributed by atoms with Gasteiger partial charge < -0.3 is 15.7 Å². The fourth-order valence-electron chi connectivity index (χ4n) is 2.34. The van der Waals surface area contributed by atoms with Crippen LogP contribution in [0.15, 0.2) is 12.3 Å². The van der Waals surface area contributed by atoms with Crippen LogP contribution in [0.25, 0.3) is 0 Å². The molecule has 3 N–H and O–H groups in total. The van der Waals surface area contributed by atoms with Gasteiger partial charge in [-0.25, -0.2) is 9.78 Å². The van der Waals surface area contributed by atoms with Gasteiger partial charge in [0.2, 0.25) is 0 Å². The van der Waals surface area contributed by atoms with E-state index in [9.17, 15) is 18.0 Å². The number of alkyl halides is 3. The second-order valence-corrected chi connectivity index (χ2v) is 5.20. The molecule has 0 aliphatic heterocycles. The van der Waals surface area contributed by atoms with Crippen molar-refractivity contribution in [3.05, 3.63) is 22.8 Å². The van der Waals surface area contributed by atoms with Gasteiger partial charge in [-0.3, -0.25) is 0 Å². The van der Waals surface area contributed by atoms with Gasteiger partial charge in [-0.2, -0.15) is 13.2 Å². The Labute approximate surface area is 123 Å². The fraction of sp³-hybridized carbons (Fsp3) is 0.500. The maximum atomic E-state index is 12.5. The lowest BCUT2D eigenvalue weighted by Crippen LogP contribution is -2.42. The van der Waals surface area contributed by atoms with Gasteiger partial charge in [0.1, 0.15) is 5.82 Å². The Morgan fingerprint density at radius 3 is 2.62 bits per heavy atom. The average molecular weight is 324 g/mol. The van der Waals surface area contributed by atoms with E-state index in [-0.39, 0.29) is 22.9 Å². The number of carbonyl (C=O) groups is 1. The minimum absolute atomic E-state index is 0.119. The Hall–Kier alpha value is -1.70. The van der Waals surface area contributed by atoms with E-state index in [1.165, 1.54) is 0 Å². The molecule has 2 atom stereocenters. The van der Waals surface area contributed by atoms with Crippen molar-refractivity contribution >= 4 is 23.5 Å². The van der Waals surface area contributed by atoms with Crippen LogP contribution in [-0.4, -0.2) is 28.3 Å². The molecule has 5 nitrogen and oxygen atoms in total. The molecule has 1 aliphatic rings. The highest BCUT2D eigenvalue weighted by molar-refractivity contribution is 6.33. The zero-order chi connectivity index (χ0) is 15.6. The van der Waals surface area contributed by atoms with Crippen molar-refractivity contribution in [2.24, 2.45) is 0 Å². The summed E-state index contributed by atoms with van der Waals surface area (Å²) in [5.74, 6) is 0.119. The highest BCUT2D eigenvalue weighted by atomic mass is 35.5. The number of nitrogens with zero attached hydrogens (tertiary/aromatic N) is 1. The van der Waals surface area contributed by atoms with Crippen LogP contribution < -0.4 is 10.6 Å². The van der Waals surface area contributed by atoms with E-state index in [1.807, 2.05) is 0 Å². The molecule has 0 aromatic carbocycles. The number of hydrogen-bond acceptors (Lipinski definition) is 3. The van der Waals surface area contributed by atoms with Crippen molar-refractivity contribution < 1.29 is 23.1 Å². The SMILES string of the molecule is O=C(O)NC1CCC[C@@H]1Nc1ncc(C(F)(F)F)cc1Cl. The maximum absolute atomic E-state index is 12.5. The van der Waals surface area contributed by atoms with Gasteiger partial charge in [0, 0.05) is 12.2 Å². The van der Waals surface area contributed by atoms with Gasteiger partial charge in [-0.05, 0) is 25.3 Å². The smallest absolute Gasteiger partial charge is 0.417 e. The summed E-state index contributed by atoms with van der Waals surface area (Å²) in [6, 6.07) is 0.233. The van der Waals surface area contributed by atoms with E-state index in [2.05, 4.69) is 15.6 Å². The molecule has 1 aromatic heterocycles. The lowest BCUT2D eigenvalue weighted by molar-refractivity contribution is -0.137. The van der Waals surface area contributed by atoms with E-state index in [4.69, 9.17) is 16.7 Å². The third kappa shape index (κ3) is 3.90. The molecule has 0 spiro atoms. The molecule has 2 rings (SSSR count). The normalized spacial score (nSPS) is 22.1. The summed E-state index contributed by atoms with van der Waals surface area (Å²) in [7, 11) is 0. The predicted octanol–water partition coefficient (Wildman–Crippen LogP) is 3.35. The molecule has 1 unspecified atom stereocenters. The van der Waals surface area contributed by atoms with Gasteiger partial charge in [0.05, 0.1) is 16.6 Å². The van der Waals surface area contributed by atoms with Crippen LogP contribution in [0.1, 0.15) is 24.8 Å². The van der Waals surface area contributed by atoms with E-state index >= 15 is 0 Å². The van der Waals surface area contributed by atoms with Crippen molar-refractivity contribution in [1.29, 1.82) is 0 Å². The number of halogens is 4. The Morgan fingerprint density at radius 2 is 2.05 bits per heavy atom. The number of hydrogen-bond donors (Lipinski definition) is 3. The van der Waals surface area contributed by atoms with E-state index in [0.717, 1.165) is 12.5 Å². The molecule has 1 heterocycles. The number of pyridine rings is 1. The number of aromatic nitrogens is 1. The van der Waals surface area contributed by atoms with Gasteiger partial charge in [-0.15, -0.1) is 0 Å². The Kier molecular flexibility index (Phi) is 4.46. The number of anilines is 1. The Bertz CT molecular complexity index is 539. The van der Waals surface area contributed by atoms with Crippen molar-refractivity contribution in [1.82, 2.24) is 10.3 Å². The van der Waals surface area contributed by atoms with Crippen LogP contribution in [-0.2, 0) is 6.18 Å². The van der Waals surface area contributed by atoms with Crippen LogP contribution >= 0.6 is 11.6 Å². The second-order valence-electron chi connectivity index (χ2n) is 4.79. The summed E-state index contributed by atoms with van der Waals surface area (Å²) < 4.78 is 37.5. The highest BCUT2D eigenvalue weighted by Gasteiger charge is 2.33. The molecule has 0 saturated heterocycles. The van der Waals surface area contributed by atoms with Gasteiger partial charge in [0.25, 0.3) is 0 Å². The van der Waals surface area contributed by atoms with Crippen molar-refractivity contribution in [2.45, 2.75) is 37.5 Å². The molecule has 0 bridgehead atoms. The quantitative estimate of drug-likeness (QED) is 0.797. The first kappa shape index (κ1) is 15.7. The summed E-state index contributed by atoms with van der Waals surface area (Å²) >= 11 is 5.81. The average Bonchev–Trinajstić information content (AvgIpc) is 2.77. The zero-order valence-corrected chi connectivity index (χ0v) is 11.5. The summed E-state index contributed by atoms with van der Waals surface area (Å²) in [6.07, 6.45) is -2.80. The van der Waals surface area contributed by atoms with Crippen LogP contribution in [0.2, 0.25) is 5.02 Å². The molecule has 1 aliphatic carbocycles. The minimum Gasteiger partial charge on any atom is -0.465 e. The molecule has 1 aromatic rings. The topological polar surface area (TPSA) is 74.2 Å². The Morgan fingerprint density at radius 1 is 1.38 bits per heavy atom. The zero-order valence-electron chi connectivity index (χ0n) is 10.7. The maximum Gasteiger partial charge on any atom is 0.417 e. The molecule has 21 heavy (non-hydrogen) atoms. The van der Waals surface area contributed by atoms with E-state index in [1.54, 1.807) is 0 Å². The molecule has 1 saturated carbocycles. The summed E-state index contributed by atoms with van der Waals surface area (Å²) in [5.41, 5.74) is -0.926. The lowest BCUT2D eigenvalue weighted by Gasteiger charge is -2.22. The molecule has 0 radical (unpaired) electrons. The Balaban J connectivity index is 2.11. The lowest BCUT2D eigenvalue weighted by atomic mass is 10.1. The summed E-state index contributed by atoms with van der Waals surface area (Å²) in [4.78, 5) is 14.4. The molecule has 116 valence electrons. The first-order valence-electron chi connectivity index (χ1n) is 6.26. The standard InChI is InChI=1S/C12H13ClF3N3O2/c13-7-4-6(12(14,15)16)5-17-10(7)18-8-2-1-3-9(8)19-11(20)21/h4-5,8-9,19H,1-3H2,(H,17,18)(H,20,21)/t8-,9?/m0/s1. The van der Waals surface area contributed by atoms with Gasteiger partial charge in [-0.1, -0.05) is 11.6 Å². The summed E-state index contributed by atoms with van der Waals surface area (Å²) in [5, 5.41) is 13.9. The monoisotopic (exact) mass is 323 g/mol. The van der Waals surface area contributed by atoms with E-state index in [0.29, 0.717) is 19.0 Å². The largest absolute Gasteiger partial charge is 0.465 e. The molecule has 9 heteroatoms. The first-order chi connectivity index (χ1) is 9.77. The minimum atomic E-state index is -4.50. The highest BCUT2D eigenvalue weighted by Crippen LogP contribution is 2.33. The summed E-state index contributed by atoms with van der Waals surface area (Å²) in [6.45, 7) is 0. The first-order valence-corrected chi connectivity index (χ1v) is 6.64. The van der Waals surface area contributed by atoms with Gasteiger partial charge in [0.15, 0.2) is 0 Å². The number of rotatable bonds is 3. The van der Waals surface area contributed by atoms with Crippen molar-refractivity contribution in [3.8, 4) is 0 Å². The fourth-order valence-corrected chi connectivity index (χ4v) is 2.56. The van der Waals surface area contributed by atoms with Crippen LogP contribution in [0.3, 0.4) is 0 Å². The van der Waals surface area contributed by atoms with Crippen LogP contribution in [0, 0.1) is 0 Å². The number of carboxylic acid groups (broad SMARTS) is 1. The molecular weight excluding hydrogens is 311 g/mol. The van der Waals surface area contributed by atoms with Crippen LogP contribution in [0.5, 0.6) is 0 Å². The number of amides is 1.